The third-order valence-electron chi connectivity index (χ3n) is 2.41. The Morgan fingerprint density at radius 3 is 3.14 bits per heavy atom. The van der Waals surface area contributed by atoms with Crippen LogP contribution in [0.4, 0.5) is 0 Å². The Morgan fingerprint density at radius 2 is 2.57 bits per heavy atom. The van der Waals surface area contributed by atoms with Crippen molar-refractivity contribution in [1.82, 2.24) is 20.1 Å². The van der Waals surface area contributed by atoms with E-state index in [-0.39, 0.29) is 5.69 Å². The molecule has 1 atom stereocenters. The summed E-state index contributed by atoms with van der Waals surface area (Å²) in [4.78, 5) is 11.1. The molecule has 0 spiro atoms. The molecule has 0 radical (unpaired) electrons. The first-order valence-corrected chi connectivity index (χ1v) is 5.73. The summed E-state index contributed by atoms with van der Waals surface area (Å²) in [6.07, 6.45) is 2.48. The lowest BCUT2D eigenvalue weighted by Crippen LogP contribution is -2.24. The van der Waals surface area contributed by atoms with E-state index in [1.54, 1.807) is 23.4 Å². The fourth-order valence-corrected chi connectivity index (χ4v) is 2.56. The molecular weight excluding hydrogens is 200 g/mol. The Morgan fingerprint density at radius 1 is 1.71 bits per heavy atom. The molecule has 1 fully saturated rings. The number of hydrogen-bond acceptors (Lipinski definition) is 4. The molecule has 0 bridgehead atoms. The summed E-state index contributed by atoms with van der Waals surface area (Å²) in [6.45, 7) is 1.12. The van der Waals surface area contributed by atoms with Gasteiger partial charge in [-0.1, -0.05) is 11.8 Å². The first-order valence-electron chi connectivity index (χ1n) is 4.75. The number of aromatic amines is 1. The Bertz CT molecular complexity index is 352. The second-order valence-corrected chi connectivity index (χ2v) is 4.46. The van der Waals surface area contributed by atoms with Crippen LogP contribution in [0.2, 0.25) is 0 Å². The fraction of sp³-hybridized carbons (Fsp3) is 0.750. The molecule has 0 amide bonds. The summed E-state index contributed by atoms with van der Waals surface area (Å²) in [6, 6.07) is 0.576. The summed E-state index contributed by atoms with van der Waals surface area (Å²) in [5, 5.41) is 10.5. The molecule has 1 aromatic heterocycles. The normalized spacial score (nSPS) is 21.6. The van der Waals surface area contributed by atoms with Crippen LogP contribution in [-0.4, -0.2) is 33.1 Å². The van der Waals surface area contributed by atoms with Crippen molar-refractivity contribution >= 4 is 11.8 Å². The van der Waals surface area contributed by atoms with Crippen LogP contribution < -0.4 is 11.0 Å². The van der Waals surface area contributed by atoms with Gasteiger partial charge in [0.05, 0.1) is 0 Å². The molecule has 2 rings (SSSR count). The van der Waals surface area contributed by atoms with E-state index in [1.807, 2.05) is 0 Å². The van der Waals surface area contributed by atoms with E-state index in [0.717, 1.165) is 17.5 Å². The highest BCUT2D eigenvalue weighted by atomic mass is 32.2. The average Bonchev–Trinajstić information content (AvgIpc) is 2.77. The lowest BCUT2D eigenvalue weighted by Gasteiger charge is -2.07. The van der Waals surface area contributed by atoms with Crippen LogP contribution in [0.25, 0.3) is 0 Å². The van der Waals surface area contributed by atoms with Gasteiger partial charge in [0.1, 0.15) is 0 Å². The Hall–Kier alpha value is -0.750. The van der Waals surface area contributed by atoms with E-state index < -0.39 is 0 Å². The topological polar surface area (TPSA) is 62.7 Å². The quantitative estimate of drug-likeness (QED) is 0.693. The molecular formula is C8H14N4OS. The minimum Gasteiger partial charge on any atom is -0.313 e. The molecule has 1 aliphatic rings. The van der Waals surface area contributed by atoms with Gasteiger partial charge in [-0.05, 0) is 19.4 Å². The SMILES string of the molecule is Cn1c(SC[C@@H]2CCCN2)n[nH]c1=O. The molecule has 78 valence electrons. The third kappa shape index (κ3) is 2.01. The van der Waals surface area contributed by atoms with Crippen LogP contribution in [0.15, 0.2) is 9.95 Å². The van der Waals surface area contributed by atoms with Gasteiger partial charge in [0.25, 0.3) is 0 Å². The standard InChI is InChI=1S/C8H14N4OS/c1-12-7(13)10-11-8(12)14-5-6-3-2-4-9-6/h6,9H,2-5H2,1H3,(H,10,13)/t6-/m0/s1. The molecule has 5 nitrogen and oxygen atoms in total. The third-order valence-corrected chi connectivity index (χ3v) is 3.61. The Kier molecular flexibility index (Phi) is 2.93. The summed E-state index contributed by atoms with van der Waals surface area (Å²) in [7, 11) is 1.73. The number of H-pyrrole nitrogens is 1. The molecule has 1 saturated heterocycles. The molecule has 6 heteroatoms. The smallest absolute Gasteiger partial charge is 0.313 e. The van der Waals surface area contributed by atoms with Crippen molar-refractivity contribution in [2.45, 2.75) is 24.0 Å². The van der Waals surface area contributed by atoms with Gasteiger partial charge < -0.3 is 5.32 Å². The maximum Gasteiger partial charge on any atom is 0.343 e. The van der Waals surface area contributed by atoms with Crippen LogP contribution in [-0.2, 0) is 7.05 Å². The number of nitrogens with one attached hydrogen (secondary N) is 2. The van der Waals surface area contributed by atoms with Crippen molar-refractivity contribution in [3.05, 3.63) is 10.5 Å². The number of rotatable bonds is 3. The Balaban J connectivity index is 1.91. The number of nitrogens with zero attached hydrogens (tertiary/aromatic N) is 2. The van der Waals surface area contributed by atoms with Crippen LogP contribution in [0.3, 0.4) is 0 Å². The monoisotopic (exact) mass is 214 g/mol. The highest BCUT2D eigenvalue weighted by Crippen LogP contribution is 2.17. The van der Waals surface area contributed by atoms with Gasteiger partial charge in [-0.25, -0.2) is 9.89 Å². The zero-order valence-electron chi connectivity index (χ0n) is 8.12. The molecule has 2 heterocycles. The number of hydrogen-bond donors (Lipinski definition) is 2. The maximum absolute atomic E-state index is 11.1. The van der Waals surface area contributed by atoms with Crippen LogP contribution >= 0.6 is 11.8 Å². The van der Waals surface area contributed by atoms with E-state index in [4.69, 9.17) is 0 Å². The lowest BCUT2D eigenvalue weighted by molar-refractivity contribution is 0.670. The number of thioether (sulfide) groups is 1. The molecule has 0 aliphatic carbocycles. The van der Waals surface area contributed by atoms with Gasteiger partial charge in [-0.3, -0.25) is 4.57 Å². The molecule has 2 N–H and O–H groups in total. The highest BCUT2D eigenvalue weighted by Gasteiger charge is 2.15. The Labute approximate surface area is 86.3 Å². The first-order chi connectivity index (χ1) is 6.77. The predicted octanol–water partition coefficient (Wildman–Crippen LogP) is -0.0475. The number of aromatic nitrogens is 3. The molecule has 1 aliphatic heterocycles. The summed E-state index contributed by atoms with van der Waals surface area (Å²) in [5.41, 5.74) is -0.146. The molecule has 0 saturated carbocycles. The van der Waals surface area contributed by atoms with Crippen LogP contribution in [0.5, 0.6) is 0 Å². The first kappa shape index (κ1) is 9.79. The van der Waals surface area contributed by atoms with E-state index >= 15 is 0 Å². The zero-order valence-corrected chi connectivity index (χ0v) is 8.93. The summed E-state index contributed by atoms with van der Waals surface area (Å²) in [5.74, 6) is 0.984. The van der Waals surface area contributed by atoms with Gasteiger partial charge in [0, 0.05) is 18.8 Å². The molecule has 0 aromatic carbocycles. The van der Waals surface area contributed by atoms with Crippen molar-refractivity contribution in [2.24, 2.45) is 7.05 Å². The second kappa shape index (κ2) is 4.18. The lowest BCUT2D eigenvalue weighted by atomic mass is 10.3. The van der Waals surface area contributed by atoms with Crippen molar-refractivity contribution in [3.63, 3.8) is 0 Å². The molecule has 1 aromatic rings. The van der Waals surface area contributed by atoms with Gasteiger partial charge in [0.2, 0.25) is 0 Å². The second-order valence-electron chi connectivity index (χ2n) is 3.47. The summed E-state index contributed by atoms with van der Waals surface area (Å²) >= 11 is 1.62. The van der Waals surface area contributed by atoms with Gasteiger partial charge >= 0.3 is 5.69 Å². The minimum atomic E-state index is -0.146. The van der Waals surface area contributed by atoms with Crippen molar-refractivity contribution < 1.29 is 0 Å². The largest absolute Gasteiger partial charge is 0.343 e. The average molecular weight is 214 g/mol. The predicted molar refractivity (Wildman–Crippen MR) is 55.6 cm³/mol. The van der Waals surface area contributed by atoms with Crippen LogP contribution in [0, 0.1) is 0 Å². The molecule has 0 unspecified atom stereocenters. The zero-order chi connectivity index (χ0) is 9.97. The maximum atomic E-state index is 11.1. The van der Waals surface area contributed by atoms with Gasteiger partial charge in [-0.2, -0.15) is 0 Å². The van der Waals surface area contributed by atoms with Crippen molar-refractivity contribution in [3.8, 4) is 0 Å². The van der Waals surface area contributed by atoms with Crippen molar-refractivity contribution in [1.29, 1.82) is 0 Å². The van der Waals surface area contributed by atoms with Gasteiger partial charge in [0.15, 0.2) is 5.16 Å². The fourth-order valence-electron chi connectivity index (χ4n) is 1.54. The van der Waals surface area contributed by atoms with Gasteiger partial charge in [-0.15, -0.1) is 5.10 Å². The highest BCUT2D eigenvalue weighted by molar-refractivity contribution is 7.99. The van der Waals surface area contributed by atoms with E-state index in [9.17, 15) is 4.79 Å². The van der Waals surface area contributed by atoms with E-state index in [2.05, 4.69) is 15.5 Å². The molecule has 14 heavy (non-hydrogen) atoms. The van der Waals surface area contributed by atoms with E-state index in [0.29, 0.717) is 6.04 Å². The minimum absolute atomic E-state index is 0.146. The van der Waals surface area contributed by atoms with Crippen molar-refractivity contribution in [2.75, 3.05) is 12.3 Å². The van der Waals surface area contributed by atoms with Crippen LogP contribution in [0.1, 0.15) is 12.8 Å². The van der Waals surface area contributed by atoms with E-state index in [1.165, 1.54) is 12.8 Å². The summed E-state index contributed by atoms with van der Waals surface area (Å²) < 4.78 is 1.54.